The lowest BCUT2D eigenvalue weighted by molar-refractivity contribution is 0.563. The van der Waals surface area contributed by atoms with E-state index in [2.05, 4.69) is 202 Å². The molecular formula is C61H41N3O. The van der Waals surface area contributed by atoms with Gasteiger partial charge in [-0.2, -0.15) is 0 Å². The Balaban J connectivity index is 0.950. The van der Waals surface area contributed by atoms with Crippen LogP contribution in [-0.2, 0) is 10.8 Å². The summed E-state index contributed by atoms with van der Waals surface area (Å²) in [5, 5.41) is 12.0. The third kappa shape index (κ3) is 5.53. The third-order valence-corrected chi connectivity index (χ3v) is 14.1. The van der Waals surface area contributed by atoms with Crippen LogP contribution in [0.1, 0.15) is 47.2 Å². The van der Waals surface area contributed by atoms with Gasteiger partial charge in [-0.15, -0.1) is 10.2 Å². The number of nitrogens with zero attached hydrogens (tertiary/aromatic N) is 3. The van der Waals surface area contributed by atoms with Gasteiger partial charge in [0.2, 0.25) is 0 Å². The number of aromatic nitrogens is 3. The maximum atomic E-state index is 6.52. The number of benzene rings is 9. The molecule has 2 aliphatic rings. The van der Waals surface area contributed by atoms with Crippen molar-refractivity contribution in [3.63, 3.8) is 0 Å². The number of hydrogen-bond donors (Lipinski definition) is 0. The lowest BCUT2D eigenvalue weighted by Crippen LogP contribution is -2.40. The summed E-state index contributed by atoms with van der Waals surface area (Å²) in [6.45, 7) is 4.73. The molecule has 4 nitrogen and oxygen atoms in total. The molecule has 13 rings (SSSR count). The predicted molar refractivity (Wildman–Crippen MR) is 264 cm³/mol. The van der Waals surface area contributed by atoms with Gasteiger partial charge in [0.15, 0.2) is 5.82 Å². The first-order valence-electron chi connectivity index (χ1n) is 22.3. The first-order valence-corrected chi connectivity index (χ1v) is 22.3. The minimum Gasteiger partial charge on any atom is -0.456 e. The van der Waals surface area contributed by atoms with E-state index in [1.807, 2.05) is 24.3 Å². The Morgan fingerprint density at radius 1 is 0.338 bits per heavy atom. The molecule has 0 saturated heterocycles. The van der Waals surface area contributed by atoms with E-state index in [4.69, 9.17) is 19.6 Å². The average Bonchev–Trinajstić information content (AvgIpc) is 3.89. The summed E-state index contributed by atoms with van der Waals surface area (Å²) >= 11 is 0. The van der Waals surface area contributed by atoms with Crippen molar-refractivity contribution in [3.05, 3.63) is 246 Å². The average molecular weight is 832 g/mol. The van der Waals surface area contributed by atoms with Crippen molar-refractivity contribution in [1.82, 2.24) is 15.2 Å². The van der Waals surface area contributed by atoms with Crippen molar-refractivity contribution in [2.24, 2.45) is 0 Å². The van der Waals surface area contributed by atoms with Crippen LogP contribution in [0.3, 0.4) is 0 Å². The summed E-state index contributed by atoms with van der Waals surface area (Å²) in [4.78, 5) is 5.45. The van der Waals surface area contributed by atoms with Crippen molar-refractivity contribution >= 4 is 21.9 Å². The highest BCUT2D eigenvalue weighted by Crippen LogP contribution is 2.62. The second-order valence-electron chi connectivity index (χ2n) is 17.9. The fraction of sp³-hybridized carbons (Fsp3) is 0.0656. The Kier molecular flexibility index (Phi) is 8.13. The van der Waals surface area contributed by atoms with Gasteiger partial charge in [-0.05, 0) is 103 Å². The fourth-order valence-electron chi connectivity index (χ4n) is 11.0. The molecule has 0 radical (unpaired) electrons. The molecule has 11 aromatic rings. The lowest BCUT2D eigenvalue weighted by Gasteiger charge is -2.46. The number of furan rings is 1. The van der Waals surface area contributed by atoms with Gasteiger partial charge in [-0.1, -0.05) is 190 Å². The highest BCUT2D eigenvalue weighted by Gasteiger charge is 2.53. The number of fused-ring (bicyclic) bond motifs is 12. The van der Waals surface area contributed by atoms with Gasteiger partial charge in [0.1, 0.15) is 22.6 Å². The van der Waals surface area contributed by atoms with E-state index in [0.29, 0.717) is 5.82 Å². The van der Waals surface area contributed by atoms with Crippen LogP contribution in [0.2, 0.25) is 0 Å². The topological polar surface area (TPSA) is 51.8 Å². The van der Waals surface area contributed by atoms with E-state index >= 15 is 0 Å². The molecule has 0 unspecified atom stereocenters. The first-order chi connectivity index (χ1) is 32.0. The summed E-state index contributed by atoms with van der Waals surface area (Å²) in [5.41, 5.74) is 20.2. The van der Waals surface area contributed by atoms with E-state index in [1.165, 1.54) is 50.1 Å². The molecule has 4 heteroatoms. The monoisotopic (exact) mass is 831 g/mol. The predicted octanol–water partition coefficient (Wildman–Crippen LogP) is 15.1. The molecule has 0 fully saturated rings. The van der Waals surface area contributed by atoms with Crippen molar-refractivity contribution in [2.45, 2.75) is 24.7 Å². The zero-order chi connectivity index (χ0) is 43.3. The van der Waals surface area contributed by atoms with Crippen LogP contribution in [0.25, 0.3) is 89.2 Å². The van der Waals surface area contributed by atoms with Crippen LogP contribution in [0.5, 0.6) is 0 Å². The quantitative estimate of drug-likeness (QED) is 0.173. The van der Waals surface area contributed by atoms with Gasteiger partial charge in [0, 0.05) is 32.9 Å². The molecule has 2 heterocycles. The normalized spacial score (nSPS) is 13.9. The Hall–Kier alpha value is -8.21. The van der Waals surface area contributed by atoms with Crippen molar-refractivity contribution in [1.29, 1.82) is 0 Å². The van der Waals surface area contributed by atoms with E-state index in [-0.39, 0.29) is 5.41 Å². The fourth-order valence-corrected chi connectivity index (χ4v) is 11.0. The molecule has 65 heavy (non-hydrogen) atoms. The van der Waals surface area contributed by atoms with Crippen LogP contribution < -0.4 is 0 Å². The van der Waals surface area contributed by atoms with Gasteiger partial charge >= 0.3 is 0 Å². The second-order valence-corrected chi connectivity index (χ2v) is 17.9. The van der Waals surface area contributed by atoms with Crippen molar-refractivity contribution in [2.75, 3.05) is 0 Å². The highest BCUT2D eigenvalue weighted by atomic mass is 16.3. The van der Waals surface area contributed by atoms with Gasteiger partial charge in [0.25, 0.3) is 0 Å². The van der Waals surface area contributed by atoms with E-state index in [0.717, 1.165) is 66.7 Å². The van der Waals surface area contributed by atoms with Crippen molar-refractivity contribution in [3.8, 4) is 67.3 Å². The van der Waals surface area contributed by atoms with E-state index in [1.54, 1.807) is 0 Å². The number of rotatable bonds is 5. The minimum atomic E-state index is -0.471. The molecule has 306 valence electrons. The maximum Gasteiger partial charge on any atom is 0.182 e. The van der Waals surface area contributed by atoms with Gasteiger partial charge < -0.3 is 4.42 Å². The zero-order valence-corrected chi connectivity index (χ0v) is 36.0. The molecule has 0 amide bonds. The van der Waals surface area contributed by atoms with Crippen LogP contribution >= 0.6 is 0 Å². The molecule has 0 N–H and O–H groups in total. The maximum absolute atomic E-state index is 6.52. The first kappa shape index (κ1) is 37.4. The second kappa shape index (κ2) is 14.2. The summed E-state index contributed by atoms with van der Waals surface area (Å²) in [7, 11) is 0. The van der Waals surface area contributed by atoms with Gasteiger partial charge in [-0.3, -0.25) is 0 Å². The summed E-state index contributed by atoms with van der Waals surface area (Å²) in [6, 6.07) is 76.2. The van der Waals surface area contributed by atoms with Gasteiger partial charge in [0.05, 0.1) is 5.41 Å². The molecule has 0 aliphatic heterocycles. The Labute approximate surface area is 377 Å². The summed E-state index contributed by atoms with van der Waals surface area (Å²) < 4.78 is 6.52. The summed E-state index contributed by atoms with van der Waals surface area (Å²) in [6.07, 6.45) is 0. The standard InChI is InChI=1S/C61H41N3O/c1-60(2)51-26-13-14-27-52(51)61(49-24-11-9-22-45(49)46-23-10-12-25-50(46)61)53-33-30-43(35-54(53)60)57-58(39-18-7-4-8-19-39)63-64-59(62-57)44-21-15-20-40(34-44)42-29-32-48-47-31-28-41(38-16-5-3-6-17-38)36-55(47)65-56(48)37-42/h3-37H,1-2H3. The van der Waals surface area contributed by atoms with Crippen LogP contribution in [0.4, 0.5) is 0 Å². The van der Waals surface area contributed by atoms with Crippen LogP contribution in [0.15, 0.2) is 217 Å². The smallest absolute Gasteiger partial charge is 0.182 e. The number of hydrogen-bond acceptors (Lipinski definition) is 4. The SMILES string of the molecule is CC1(C)c2ccccc2C2(c3ccccc3-c3ccccc32)c2ccc(-c3nc(-c4cccc(-c5ccc6c(c5)oc5cc(-c7ccccc7)ccc56)c4)nnc3-c3ccccc3)cc21. The molecule has 0 atom stereocenters. The Morgan fingerprint density at radius 3 is 1.52 bits per heavy atom. The third-order valence-electron chi connectivity index (χ3n) is 14.1. The van der Waals surface area contributed by atoms with E-state index < -0.39 is 5.41 Å². The molecule has 2 aromatic heterocycles. The highest BCUT2D eigenvalue weighted by molar-refractivity contribution is 6.07. The molecule has 0 saturated carbocycles. The molecule has 1 spiro atoms. The van der Waals surface area contributed by atoms with Crippen molar-refractivity contribution < 1.29 is 4.42 Å². The lowest BCUT2D eigenvalue weighted by atomic mass is 9.55. The van der Waals surface area contributed by atoms with E-state index in [9.17, 15) is 0 Å². The Bertz CT molecular complexity index is 3650. The summed E-state index contributed by atoms with van der Waals surface area (Å²) in [5.74, 6) is 0.567. The Morgan fingerprint density at radius 2 is 0.846 bits per heavy atom. The van der Waals surface area contributed by atoms with Crippen LogP contribution in [-0.4, -0.2) is 15.2 Å². The largest absolute Gasteiger partial charge is 0.456 e. The van der Waals surface area contributed by atoms with Gasteiger partial charge in [-0.25, -0.2) is 4.98 Å². The molecule has 0 bridgehead atoms. The minimum absolute atomic E-state index is 0.310. The molecule has 9 aromatic carbocycles. The molecular weight excluding hydrogens is 791 g/mol. The van der Waals surface area contributed by atoms with Crippen LogP contribution in [0, 0.1) is 0 Å². The zero-order valence-electron chi connectivity index (χ0n) is 36.0. The molecule has 2 aliphatic carbocycles.